The molecular formula is C20H27Cl2N5. The van der Waals surface area contributed by atoms with Crippen molar-refractivity contribution in [3.63, 3.8) is 0 Å². The average Bonchev–Trinajstić information content (AvgIpc) is 3.27. The Kier molecular flexibility index (Phi) is 7.05. The van der Waals surface area contributed by atoms with Crippen molar-refractivity contribution in [1.29, 1.82) is 0 Å². The van der Waals surface area contributed by atoms with Gasteiger partial charge in [0.15, 0.2) is 5.96 Å². The highest BCUT2D eigenvalue weighted by atomic mass is 35.5. The lowest BCUT2D eigenvalue weighted by atomic mass is 10.1. The summed E-state index contributed by atoms with van der Waals surface area (Å²) in [6, 6.07) is 10.7. The lowest BCUT2D eigenvalue weighted by Gasteiger charge is -2.15. The number of benzene rings is 1. The van der Waals surface area contributed by atoms with Crippen LogP contribution in [0, 0.1) is 0 Å². The van der Waals surface area contributed by atoms with Crippen LogP contribution < -0.4 is 10.6 Å². The van der Waals surface area contributed by atoms with E-state index in [0.29, 0.717) is 16.7 Å². The molecule has 0 atom stereocenters. The number of hydrogen-bond acceptors (Lipinski definition) is 2. The summed E-state index contributed by atoms with van der Waals surface area (Å²) in [7, 11) is 3.66. The summed E-state index contributed by atoms with van der Waals surface area (Å²) in [6.07, 6.45) is 2.66. The van der Waals surface area contributed by atoms with Crippen LogP contribution in [0.15, 0.2) is 35.3 Å². The molecule has 2 N–H and O–H groups in total. The van der Waals surface area contributed by atoms with Gasteiger partial charge in [0, 0.05) is 32.9 Å². The summed E-state index contributed by atoms with van der Waals surface area (Å²) in [5, 5.41) is 7.74. The van der Waals surface area contributed by atoms with Crippen LogP contribution in [0.3, 0.4) is 0 Å². The summed E-state index contributed by atoms with van der Waals surface area (Å²) in [5.74, 6) is 0.740. The maximum absolute atomic E-state index is 6.11. The summed E-state index contributed by atoms with van der Waals surface area (Å²) in [5.41, 5.74) is 3.60. The molecule has 7 heteroatoms. The Morgan fingerprint density at radius 2 is 1.67 bits per heavy atom. The third-order valence-electron chi connectivity index (χ3n) is 4.96. The van der Waals surface area contributed by atoms with E-state index in [1.165, 1.54) is 37.1 Å². The molecule has 1 aliphatic rings. The first-order chi connectivity index (χ1) is 13.1. The van der Waals surface area contributed by atoms with Crippen LogP contribution in [0.2, 0.25) is 10.2 Å². The van der Waals surface area contributed by atoms with Crippen LogP contribution in [0.5, 0.6) is 0 Å². The molecule has 1 aliphatic heterocycles. The second-order valence-electron chi connectivity index (χ2n) is 6.91. The van der Waals surface area contributed by atoms with E-state index in [4.69, 9.17) is 23.2 Å². The van der Waals surface area contributed by atoms with Gasteiger partial charge in [0.2, 0.25) is 0 Å². The van der Waals surface area contributed by atoms with Crippen molar-refractivity contribution >= 4 is 29.2 Å². The fraction of sp³-hybridized carbons (Fsp3) is 0.450. The summed E-state index contributed by atoms with van der Waals surface area (Å²) in [6.45, 7) is 4.82. The molecule has 146 valence electrons. The number of rotatable bonds is 6. The summed E-state index contributed by atoms with van der Waals surface area (Å²) >= 11 is 12.2. The Labute approximate surface area is 171 Å². The van der Waals surface area contributed by atoms with Crippen molar-refractivity contribution in [3.8, 4) is 0 Å². The molecule has 1 aromatic heterocycles. The number of guanidine groups is 1. The number of aromatic nitrogens is 1. The van der Waals surface area contributed by atoms with Crippen molar-refractivity contribution < 1.29 is 0 Å². The van der Waals surface area contributed by atoms with Gasteiger partial charge < -0.3 is 15.2 Å². The van der Waals surface area contributed by atoms with Gasteiger partial charge in [0.25, 0.3) is 0 Å². The number of nitrogens with one attached hydrogen (secondary N) is 2. The Hall–Kier alpha value is -1.69. The number of nitrogens with zero attached hydrogens (tertiary/aromatic N) is 3. The van der Waals surface area contributed by atoms with Gasteiger partial charge in [-0.25, -0.2) is 0 Å². The fourth-order valence-corrected chi connectivity index (χ4v) is 3.72. The monoisotopic (exact) mass is 407 g/mol. The highest BCUT2D eigenvalue weighted by Crippen LogP contribution is 2.24. The van der Waals surface area contributed by atoms with Crippen LogP contribution in [0.1, 0.15) is 29.7 Å². The van der Waals surface area contributed by atoms with E-state index in [9.17, 15) is 0 Å². The molecular weight excluding hydrogens is 381 g/mol. The van der Waals surface area contributed by atoms with Gasteiger partial charge in [-0.1, -0.05) is 47.5 Å². The van der Waals surface area contributed by atoms with Gasteiger partial charge in [-0.15, -0.1) is 0 Å². The second kappa shape index (κ2) is 9.49. The molecule has 3 rings (SSSR count). The molecule has 0 spiro atoms. The molecule has 0 bridgehead atoms. The lowest BCUT2D eigenvalue weighted by molar-refractivity contribution is 0.331. The van der Waals surface area contributed by atoms with Crippen molar-refractivity contribution in [3.05, 3.63) is 57.3 Å². The molecule has 2 heterocycles. The third kappa shape index (κ3) is 5.41. The number of likely N-dealkylation sites (tertiary alicyclic amines) is 1. The minimum Gasteiger partial charge on any atom is -0.352 e. The van der Waals surface area contributed by atoms with Crippen molar-refractivity contribution in [1.82, 2.24) is 20.1 Å². The standard InChI is InChI=1S/C20H27Cl2N5/c1-23-20(25-13-17-11-18(21)19(22)26(17)2)24-12-15-5-7-16(8-6-15)14-27-9-3-4-10-27/h5-8,11H,3-4,9-10,12-14H2,1-2H3,(H2,23,24,25). The van der Waals surface area contributed by atoms with Gasteiger partial charge >= 0.3 is 0 Å². The zero-order chi connectivity index (χ0) is 19.2. The Bertz CT molecular complexity index is 776. The minimum atomic E-state index is 0.547. The largest absolute Gasteiger partial charge is 0.352 e. The Balaban J connectivity index is 1.48. The number of halogens is 2. The van der Waals surface area contributed by atoms with E-state index in [-0.39, 0.29) is 0 Å². The van der Waals surface area contributed by atoms with Crippen molar-refractivity contribution in [2.45, 2.75) is 32.5 Å². The van der Waals surface area contributed by atoms with E-state index in [1.807, 2.05) is 17.7 Å². The molecule has 0 saturated carbocycles. The maximum atomic E-state index is 6.11. The molecule has 1 aromatic carbocycles. The molecule has 0 aliphatic carbocycles. The van der Waals surface area contributed by atoms with Crippen LogP contribution in [-0.2, 0) is 26.7 Å². The lowest BCUT2D eigenvalue weighted by Crippen LogP contribution is -2.36. The molecule has 0 unspecified atom stereocenters. The van der Waals surface area contributed by atoms with Crippen LogP contribution in [-0.4, -0.2) is 35.6 Å². The normalized spacial score (nSPS) is 15.3. The molecule has 1 fully saturated rings. The van der Waals surface area contributed by atoms with Crippen molar-refractivity contribution in [2.75, 3.05) is 20.1 Å². The van der Waals surface area contributed by atoms with Crippen LogP contribution >= 0.6 is 23.2 Å². The van der Waals surface area contributed by atoms with Gasteiger partial charge in [0.1, 0.15) is 5.15 Å². The van der Waals surface area contributed by atoms with Crippen molar-refractivity contribution in [2.24, 2.45) is 12.0 Å². The Morgan fingerprint density at radius 1 is 1.04 bits per heavy atom. The first kappa shape index (κ1) is 20.1. The van der Waals surface area contributed by atoms with E-state index < -0.39 is 0 Å². The highest BCUT2D eigenvalue weighted by molar-refractivity contribution is 6.41. The second-order valence-corrected chi connectivity index (χ2v) is 7.68. The first-order valence-electron chi connectivity index (χ1n) is 9.31. The average molecular weight is 408 g/mol. The maximum Gasteiger partial charge on any atom is 0.191 e. The SMILES string of the molecule is CN=C(NCc1ccc(CN2CCCC2)cc1)NCc1cc(Cl)c(Cl)n1C. The summed E-state index contributed by atoms with van der Waals surface area (Å²) in [4.78, 5) is 6.79. The van der Waals surface area contributed by atoms with Gasteiger partial charge in [-0.05, 0) is 43.1 Å². The zero-order valence-electron chi connectivity index (χ0n) is 15.9. The van der Waals surface area contributed by atoms with Gasteiger partial charge in [-0.3, -0.25) is 9.89 Å². The first-order valence-corrected chi connectivity index (χ1v) is 10.1. The predicted octanol–water partition coefficient (Wildman–Crippen LogP) is 3.79. The highest BCUT2D eigenvalue weighted by Gasteiger charge is 2.12. The van der Waals surface area contributed by atoms with Gasteiger partial charge in [0.05, 0.1) is 11.6 Å². The smallest absolute Gasteiger partial charge is 0.191 e. The molecule has 5 nitrogen and oxygen atoms in total. The number of hydrogen-bond donors (Lipinski definition) is 2. The topological polar surface area (TPSA) is 44.6 Å². The zero-order valence-corrected chi connectivity index (χ0v) is 17.4. The van der Waals surface area contributed by atoms with E-state index in [1.54, 1.807) is 7.05 Å². The fourth-order valence-electron chi connectivity index (χ4n) is 3.30. The molecule has 2 aromatic rings. The van der Waals surface area contributed by atoms with E-state index in [0.717, 1.165) is 24.7 Å². The quantitative estimate of drug-likeness (QED) is 0.565. The third-order valence-corrected chi connectivity index (χ3v) is 5.81. The summed E-state index contributed by atoms with van der Waals surface area (Å²) < 4.78 is 1.86. The number of aliphatic imine (C=N–C) groups is 1. The van der Waals surface area contributed by atoms with E-state index >= 15 is 0 Å². The molecule has 0 amide bonds. The van der Waals surface area contributed by atoms with Crippen LogP contribution in [0.25, 0.3) is 0 Å². The Morgan fingerprint density at radius 3 is 2.26 bits per heavy atom. The predicted molar refractivity (Wildman–Crippen MR) is 113 cm³/mol. The van der Waals surface area contributed by atoms with Gasteiger partial charge in [-0.2, -0.15) is 0 Å². The van der Waals surface area contributed by atoms with E-state index in [2.05, 4.69) is 44.8 Å². The van der Waals surface area contributed by atoms with Crippen LogP contribution in [0.4, 0.5) is 0 Å². The molecule has 27 heavy (non-hydrogen) atoms. The minimum absolute atomic E-state index is 0.547. The molecule has 0 radical (unpaired) electrons. The molecule has 1 saturated heterocycles.